The number of carboxylic acid groups (broad SMARTS) is 1. The Morgan fingerprint density at radius 2 is 0.581 bits per heavy atom. The number of likely N-dealkylation sites (N-methyl/N-ethyl adjacent to an activating group) is 1. The van der Waals surface area contributed by atoms with Crippen LogP contribution < -0.4 is 5.11 Å². The molecular weight excluding hydrogens is 1150 g/mol. The summed E-state index contributed by atoms with van der Waals surface area (Å²) < 4.78 is 22.9. The van der Waals surface area contributed by atoms with Gasteiger partial charge in [0.2, 0.25) is 0 Å². The molecule has 0 saturated heterocycles. The Morgan fingerprint density at radius 1 is 0.323 bits per heavy atom. The molecule has 0 fully saturated rings. The van der Waals surface area contributed by atoms with Crippen LogP contribution in [-0.2, 0) is 33.3 Å². The number of hydrogen-bond acceptors (Lipinski definition) is 8. The van der Waals surface area contributed by atoms with Crippen molar-refractivity contribution in [2.45, 2.75) is 411 Å². The van der Waals surface area contributed by atoms with Crippen molar-refractivity contribution < 1.29 is 42.9 Å². The lowest BCUT2D eigenvalue weighted by molar-refractivity contribution is -0.870. The summed E-state index contributed by atoms with van der Waals surface area (Å²) in [5.41, 5.74) is 0. The first kappa shape index (κ1) is 90.0. The zero-order valence-corrected chi connectivity index (χ0v) is 62.4. The number of hydrogen-bond donors (Lipinski definition) is 0. The summed E-state index contributed by atoms with van der Waals surface area (Å²) in [5.74, 6) is -2.26. The third kappa shape index (κ3) is 76.2. The van der Waals surface area contributed by atoms with E-state index in [1.54, 1.807) is 0 Å². The number of esters is 2. The van der Waals surface area contributed by atoms with Crippen molar-refractivity contribution in [3.8, 4) is 0 Å². The predicted molar refractivity (Wildman–Crippen MR) is 399 cm³/mol. The number of carbonyl (C=O) groups excluding carboxylic acids is 3. The van der Waals surface area contributed by atoms with Crippen LogP contribution in [0, 0.1) is 0 Å². The summed E-state index contributed by atoms with van der Waals surface area (Å²) >= 11 is 0. The second-order valence-corrected chi connectivity index (χ2v) is 28.7. The highest BCUT2D eigenvalue weighted by Crippen LogP contribution is 2.19. The predicted octanol–water partition coefficient (Wildman–Crippen LogP) is 24.5. The largest absolute Gasteiger partial charge is 0.545 e. The zero-order chi connectivity index (χ0) is 67.5. The molecule has 0 aliphatic heterocycles. The number of allylic oxidation sites excluding steroid dienone is 10. The summed E-state index contributed by atoms with van der Waals surface area (Å²) in [5, 5.41) is 11.9. The fraction of sp³-hybridized carbons (Fsp3) is 0.845. The molecular formula is C84H155NO8. The summed E-state index contributed by atoms with van der Waals surface area (Å²) in [6, 6.07) is 0. The Morgan fingerprint density at radius 3 is 0.860 bits per heavy atom. The van der Waals surface area contributed by atoms with Crippen molar-refractivity contribution in [1.29, 1.82) is 0 Å². The van der Waals surface area contributed by atoms with Crippen LogP contribution in [0.2, 0.25) is 0 Å². The average molecular weight is 1310 g/mol. The number of unbranched alkanes of at least 4 members (excludes halogenated alkanes) is 51. The Hall–Kier alpha value is -3.01. The summed E-state index contributed by atoms with van der Waals surface area (Å²) in [6.07, 6.45) is 96.4. The molecule has 0 spiro atoms. The fourth-order valence-electron chi connectivity index (χ4n) is 12.1. The first-order valence-electron chi connectivity index (χ1n) is 40.4. The molecule has 0 aromatic heterocycles. The molecule has 2 unspecified atom stereocenters. The van der Waals surface area contributed by atoms with Crippen molar-refractivity contribution in [2.75, 3.05) is 47.5 Å². The molecule has 9 heteroatoms. The quantitative estimate of drug-likeness (QED) is 0.0195. The fourth-order valence-corrected chi connectivity index (χ4v) is 12.1. The van der Waals surface area contributed by atoms with Gasteiger partial charge in [0.1, 0.15) is 13.2 Å². The lowest BCUT2D eigenvalue weighted by atomic mass is 10.0. The van der Waals surface area contributed by atoms with Gasteiger partial charge in [-0.15, -0.1) is 0 Å². The van der Waals surface area contributed by atoms with Gasteiger partial charge >= 0.3 is 11.9 Å². The Labute approximate surface area is 577 Å². The first-order valence-corrected chi connectivity index (χ1v) is 40.4. The van der Waals surface area contributed by atoms with E-state index in [4.69, 9.17) is 18.9 Å². The first-order chi connectivity index (χ1) is 45.6. The van der Waals surface area contributed by atoms with Gasteiger partial charge in [-0.25, -0.2) is 0 Å². The van der Waals surface area contributed by atoms with Gasteiger partial charge in [-0.1, -0.05) is 364 Å². The van der Waals surface area contributed by atoms with Crippen molar-refractivity contribution in [1.82, 2.24) is 0 Å². The van der Waals surface area contributed by atoms with Crippen molar-refractivity contribution in [3.05, 3.63) is 60.8 Å². The number of quaternary nitrogens is 1. The van der Waals surface area contributed by atoms with E-state index >= 15 is 0 Å². The molecule has 2 atom stereocenters. The lowest BCUT2D eigenvalue weighted by Gasteiger charge is -2.26. The molecule has 0 amide bonds. The van der Waals surface area contributed by atoms with Gasteiger partial charge in [0.05, 0.1) is 40.3 Å². The smallest absolute Gasteiger partial charge is 0.306 e. The maximum absolute atomic E-state index is 13.0. The van der Waals surface area contributed by atoms with Gasteiger partial charge in [0.25, 0.3) is 0 Å². The van der Waals surface area contributed by atoms with Gasteiger partial charge in [-0.05, 0) is 83.5 Å². The molecule has 0 heterocycles. The summed E-state index contributed by atoms with van der Waals surface area (Å²) in [7, 11) is 5.95. The van der Waals surface area contributed by atoms with E-state index in [0.717, 1.165) is 51.4 Å². The molecule has 0 aliphatic carbocycles. The molecule has 544 valence electrons. The zero-order valence-electron chi connectivity index (χ0n) is 62.4. The van der Waals surface area contributed by atoms with Gasteiger partial charge in [0, 0.05) is 12.8 Å². The summed E-state index contributed by atoms with van der Waals surface area (Å²) in [4.78, 5) is 37.6. The highest BCUT2D eigenvalue weighted by molar-refractivity contribution is 5.70. The van der Waals surface area contributed by atoms with E-state index in [-0.39, 0.29) is 32.2 Å². The molecule has 0 rings (SSSR count). The van der Waals surface area contributed by atoms with E-state index in [0.29, 0.717) is 23.9 Å². The number of rotatable bonds is 76. The molecule has 0 saturated carbocycles. The second-order valence-electron chi connectivity index (χ2n) is 28.7. The molecule has 0 bridgehead atoms. The topological polar surface area (TPSA) is 111 Å². The minimum atomic E-state index is -1.62. The van der Waals surface area contributed by atoms with Crippen molar-refractivity contribution >= 4 is 17.9 Å². The highest BCUT2D eigenvalue weighted by atomic mass is 16.7. The van der Waals surface area contributed by atoms with Crippen LogP contribution in [-0.4, -0.2) is 82.3 Å². The van der Waals surface area contributed by atoms with Gasteiger partial charge in [-0.2, -0.15) is 0 Å². The minimum Gasteiger partial charge on any atom is -0.545 e. The third-order valence-corrected chi connectivity index (χ3v) is 18.2. The normalized spacial score (nSPS) is 12.9. The van der Waals surface area contributed by atoms with E-state index in [1.165, 1.54) is 315 Å². The highest BCUT2D eigenvalue weighted by Gasteiger charge is 2.22. The third-order valence-electron chi connectivity index (χ3n) is 18.2. The number of nitrogens with zero attached hydrogens (tertiary/aromatic N) is 1. The number of carbonyl (C=O) groups is 3. The van der Waals surface area contributed by atoms with Gasteiger partial charge in [0.15, 0.2) is 12.4 Å². The second kappa shape index (κ2) is 74.8. The average Bonchev–Trinajstić information content (AvgIpc) is 3.74. The van der Waals surface area contributed by atoms with Gasteiger partial charge in [-0.3, -0.25) is 9.59 Å². The van der Waals surface area contributed by atoms with E-state index < -0.39 is 24.3 Å². The maximum atomic E-state index is 13.0. The molecule has 9 nitrogen and oxygen atoms in total. The Kier molecular flexibility index (Phi) is 72.4. The molecule has 0 N–H and O–H groups in total. The van der Waals surface area contributed by atoms with Crippen LogP contribution in [0.25, 0.3) is 0 Å². The Balaban J connectivity index is 3.96. The van der Waals surface area contributed by atoms with Gasteiger partial charge < -0.3 is 33.3 Å². The van der Waals surface area contributed by atoms with Crippen LogP contribution >= 0.6 is 0 Å². The van der Waals surface area contributed by atoms with Crippen LogP contribution in [0.1, 0.15) is 399 Å². The molecule has 0 aliphatic rings. The number of ether oxygens (including phenoxy) is 4. The summed E-state index contributed by atoms with van der Waals surface area (Å²) in [6.45, 7) is 4.79. The minimum absolute atomic E-state index is 0.149. The van der Waals surface area contributed by atoms with Crippen LogP contribution in [0.3, 0.4) is 0 Å². The standard InChI is InChI=1S/C84H155NO8/c1-6-8-10-12-14-16-18-20-22-24-26-28-30-32-34-36-37-38-39-40-41-42-43-44-45-47-48-50-52-54-56-58-60-62-64-66-68-70-72-74-81(86)91-78-80(79-92-84(83(88)89)90-77-76-85(3,4)5)93-82(87)75-73-71-69-67-65-63-61-59-57-55-53-51-49-46-35-33-31-29-27-25-23-21-19-17-15-13-11-9-7-2/h18-21,24-27,31,33,80,84H,6-17,22-23,28-30,32,34-79H2,1-5H3/b20-18-,21-19-,26-24-,27-25-,33-31-. The number of aliphatic carboxylic acids is 1. The Bertz CT molecular complexity index is 1710. The van der Waals surface area contributed by atoms with E-state index in [9.17, 15) is 19.5 Å². The van der Waals surface area contributed by atoms with Crippen molar-refractivity contribution in [2.24, 2.45) is 0 Å². The van der Waals surface area contributed by atoms with Crippen molar-refractivity contribution in [3.63, 3.8) is 0 Å². The lowest BCUT2D eigenvalue weighted by Crippen LogP contribution is -2.44. The molecule has 0 aromatic carbocycles. The van der Waals surface area contributed by atoms with Crippen LogP contribution in [0.4, 0.5) is 0 Å². The molecule has 0 radical (unpaired) electrons. The van der Waals surface area contributed by atoms with Crippen LogP contribution in [0.15, 0.2) is 60.8 Å². The molecule has 93 heavy (non-hydrogen) atoms. The van der Waals surface area contributed by atoms with E-state index in [2.05, 4.69) is 74.6 Å². The number of carboxylic acids is 1. The SMILES string of the molecule is CCCCCCC/C=C\C/C=C\C/C=C\CCCCCCCCCCCCCCCCC(=O)OC(COC(=O)CCCCCCCCCCCCCCCCCCCCCCCCCCCCC/C=C\C/C=C\CCCCCCC)COC(OCC[N+](C)(C)C)C(=O)[O-]. The van der Waals surface area contributed by atoms with Crippen LogP contribution in [0.5, 0.6) is 0 Å². The van der Waals surface area contributed by atoms with E-state index in [1.807, 2.05) is 21.1 Å². The maximum Gasteiger partial charge on any atom is 0.306 e. The molecule has 0 aromatic rings. The monoisotopic (exact) mass is 1310 g/mol.